The van der Waals surface area contributed by atoms with E-state index >= 15 is 0 Å². The van der Waals surface area contributed by atoms with E-state index in [1.165, 1.54) is 95.0 Å². The third-order valence-corrected chi connectivity index (χ3v) is 14.3. The molecule has 0 unspecified atom stereocenters. The zero-order valence-electron chi connectivity index (χ0n) is 39.8. The van der Waals surface area contributed by atoms with Crippen LogP contribution in [0.3, 0.4) is 0 Å². The van der Waals surface area contributed by atoms with Gasteiger partial charge in [-0.3, -0.25) is 0 Å². The number of benzene rings is 9. The average Bonchev–Trinajstić information content (AvgIpc) is 3.72. The van der Waals surface area contributed by atoms with Gasteiger partial charge in [-0.2, -0.15) is 0 Å². The Bertz CT molecular complexity index is 3320. The van der Waals surface area contributed by atoms with E-state index in [0.717, 1.165) is 17.1 Å². The van der Waals surface area contributed by atoms with Crippen molar-refractivity contribution in [2.24, 2.45) is 0 Å². The predicted molar refractivity (Wildman–Crippen MR) is 291 cm³/mol. The minimum Gasteiger partial charge on any atom is -0.310 e. The molecule has 0 aliphatic heterocycles. The monoisotopic (exact) mass is 876 g/mol. The number of nitrogens with zero attached hydrogens (tertiary/aromatic N) is 2. The first-order chi connectivity index (χ1) is 33.0. The maximum Gasteiger partial charge on any atom is 0.0465 e. The number of hydrogen-bond donors (Lipinski definition) is 0. The van der Waals surface area contributed by atoms with Gasteiger partial charge < -0.3 is 9.80 Å². The van der Waals surface area contributed by atoms with Gasteiger partial charge in [0.1, 0.15) is 0 Å². The summed E-state index contributed by atoms with van der Waals surface area (Å²) in [5.74, 6) is 0. The summed E-state index contributed by atoms with van der Waals surface area (Å²) in [7, 11) is 0. The highest BCUT2D eigenvalue weighted by Gasteiger charge is 2.37. The van der Waals surface area contributed by atoms with Gasteiger partial charge in [0.2, 0.25) is 0 Å². The van der Waals surface area contributed by atoms with E-state index in [-0.39, 0.29) is 10.8 Å². The van der Waals surface area contributed by atoms with Crippen LogP contribution in [0.1, 0.15) is 83.3 Å². The Labute approximate surface area is 402 Å². The van der Waals surface area contributed by atoms with Crippen LogP contribution in [-0.4, -0.2) is 0 Å². The van der Waals surface area contributed by atoms with E-state index in [2.05, 4.69) is 282 Å². The molecule has 0 saturated heterocycles. The van der Waals surface area contributed by atoms with Gasteiger partial charge in [-0.15, -0.1) is 0 Å². The molecule has 0 bridgehead atoms. The number of para-hydroxylation sites is 2. The lowest BCUT2D eigenvalue weighted by atomic mass is 9.81. The molecule has 2 heteroatoms. The largest absolute Gasteiger partial charge is 0.310 e. The Morgan fingerprint density at radius 1 is 0.279 bits per heavy atom. The molecular weight excluding hydrogens is 821 g/mol. The molecule has 9 aromatic rings. The molecule has 0 radical (unpaired) electrons. The maximum absolute atomic E-state index is 2.41. The standard InChI is InChI=1S/C66H56N2/c1-45-15-13-21-53(39-45)68(54-22-14-16-46(2)40-54)56-34-38-60-58-36-32-50(42-62(58)66(5,6)64(60)44-56)30-28-48-25-23-47(24-26-48)27-29-49-31-35-57-59-37-33-55(43-63(59)65(3,4)61(57)41-49)67(51-17-9-7-10-18-51)52-19-11-8-12-20-52/h7-44H,1-6H3/b29-27+,30-28+. The summed E-state index contributed by atoms with van der Waals surface area (Å²) in [6, 6.07) is 75.7. The van der Waals surface area contributed by atoms with Crippen molar-refractivity contribution >= 4 is 58.4 Å². The van der Waals surface area contributed by atoms with Crippen LogP contribution in [0.15, 0.2) is 206 Å². The SMILES string of the molecule is Cc1cccc(N(c2cccc(C)c2)c2ccc3c(c2)C(C)(C)c2cc(/C=C/c4ccc(/C=C/c5ccc6c(c5)C(C)(C)c5cc(N(c7ccccc7)c7ccccc7)ccc5-6)cc4)ccc2-3)c1. The van der Waals surface area contributed by atoms with Gasteiger partial charge >= 0.3 is 0 Å². The third-order valence-electron chi connectivity index (χ3n) is 14.3. The van der Waals surface area contributed by atoms with Crippen molar-refractivity contribution < 1.29 is 0 Å². The Morgan fingerprint density at radius 2 is 0.588 bits per heavy atom. The number of anilines is 6. The van der Waals surface area contributed by atoms with Crippen molar-refractivity contribution in [2.45, 2.75) is 52.4 Å². The van der Waals surface area contributed by atoms with Crippen molar-refractivity contribution in [1.82, 2.24) is 0 Å². The minimum absolute atomic E-state index is 0.148. The molecule has 2 nitrogen and oxygen atoms in total. The van der Waals surface area contributed by atoms with Crippen LogP contribution in [0.2, 0.25) is 0 Å². The molecule has 2 aliphatic carbocycles. The van der Waals surface area contributed by atoms with Crippen LogP contribution in [-0.2, 0) is 10.8 Å². The lowest BCUT2D eigenvalue weighted by molar-refractivity contribution is 0.660. The summed E-state index contributed by atoms with van der Waals surface area (Å²) < 4.78 is 0. The lowest BCUT2D eigenvalue weighted by Crippen LogP contribution is -2.16. The molecule has 0 saturated carbocycles. The Hall–Kier alpha value is -7.94. The van der Waals surface area contributed by atoms with Crippen molar-refractivity contribution in [3.05, 3.63) is 262 Å². The summed E-state index contributed by atoms with van der Waals surface area (Å²) in [6.07, 6.45) is 8.96. The quantitative estimate of drug-likeness (QED) is 0.126. The van der Waals surface area contributed by atoms with Gasteiger partial charge in [0.15, 0.2) is 0 Å². The molecule has 0 atom stereocenters. The molecular formula is C66H56N2. The van der Waals surface area contributed by atoms with Crippen LogP contribution < -0.4 is 9.80 Å². The Balaban J connectivity index is 0.799. The topological polar surface area (TPSA) is 6.48 Å². The van der Waals surface area contributed by atoms with Crippen LogP contribution in [0.5, 0.6) is 0 Å². The van der Waals surface area contributed by atoms with Gasteiger partial charge in [-0.1, -0.05) is 185 Å². The normalized spacial score (nSPS) is 13.9. The van der Waals surface area contributed by atoms with Gasteiger partial charge in [0, 0.05) is 45.0 Å². The van der Waals surface area contributed by atoms with Crippen LogP contribution >= 0.6 is 0 Å². The summed E-state index contributed by atoms with van der Waals surface area (Å²) in [5.41, 5.74) is 24.6. The first-order valence-electron chi connectivity index (χ1n) is 23.9. The van der Waals surface area contributed by atoms with E-state index < -0.39 is 0 Å². The van der Waals surface area contributed by atoms with E-state index in [4.69, 9.17) is 0 Å². The van der Waals surface area contributed by atoms with E-state index in [1.807, 2.05) is 0 Å². The fourth-order valence-electron chi connectivity index (χ4n) is 10.7. The van der Waals surface area contributed by atoms with Gasteiger partial charge in [0.05, 0.1) is 0 Å². The zero-order chi connectivity index (χ0) is 46.6. The summed E-state index contributed by atoms with van der Waals surface area (Å²) in [5, 5.41) is 0. The molecule has 0 spiro atoms. The first kappa shape index (κ1) is 42.7. The molecule has 0 heterocycles. The molecule has 0 N–H and O–H groups in total. The number of rotatable bonds is 10. The van der Waals surface area contributed by atoms with Gasteiger partial charge in [-0.25, -0.2) is 0 Å². The highest BCUT2D eigenvalue weighted by Crippen LogP contribution is 2.53. The van der Waals surface area contributed by atoms with Gasteiger partial charge in [0.25, 0.3) is 0 Å². The highest BCUT2D eigenvalue weighted by atomic mass is 15.1. The first-order valence-corrected chi connectivity index (χ1v) is 23.9. The third kappa shape index (κ3) is 7.76. The summed E-state index contributed by atoms with van der Waals surface area (Å²) >= 11 is 0. The number of aryl methyl sites for hydroxylation is 2. The van der Waals surface area contributed by atoms with Crippen LogP contribution in [0, 0.1) is 13.8 Å². The average molecular weight is 877 g/mol. The lowest BCUT2D eigenvalue weighted by Gasteiger charge is -2.28. The van der Waals surface area contributed by atoms with Crippen LogP contribution in [0.4, 0.5) is 34.1 Å². The molecule has 0 amide bonds. The summed E-state index contributed by atoms with van der Waals surface area (Å²) in [6.45, 7) is 13.8. The van der Waals surface area contributed by atoms with E-state index in [0.29, 0.717) is 0 Å². The summed E-state index contributed by atoms with van der Waals surface area (Å²) in [4.78, 5) is 4.74. The minimum atomic E-state index is -0.154. The van der Waals surface area contributed by atoms with E-state index in [9.17, 15) is 0 Å². The number of fused-ring (bicyclic) bond motifs is 6. The van der Waals surface area contributed by atoms with Crippen molar-refractivity contribution in [3.8, 4) is 22.3 Å². The predicted octanol–water partition coefficient (Wildman–Crippen LogP) is 18.2. The Kier molecular flexibility index (Phi) is 10.7. The molecule has 68 heavy (non-hydrogen) atoms. The second-order valence-corrected chi connectivity index (χ2v) is 19.7. The molecule has 330 valence electrons. The molecule has 0 aromatic heterocycles. The Morgan fingerprint density at radius 3 is 0.985 bits per heavy atom. The van der Waals surface area contributed by atoms with Crippen LogP contribution in [0.25, 0.3) is 46.6 Å². The molecule has 0 fully saturated rings. The number of hydrogen-bond acceptors (Lipinski definition) is 2. The highest BCUT2D eigenvalue weighted by molar-refractivity contribution is 5.89. The second kappa shape index (κ2) is 17.0. The van der Waals surface area contributed by atoms with Crippen molar-refractivity contribution in [1.29, 1.82) is 0 Å². The molecule has 2 aliphatic rings. The fraction of sp³-hybridized carbons (Fsp3) is 0.121. The maximum atomic E-state index is 2.41. The second-order valence-electron chi connectivity index (χ2n) is 19.7. The smallest absolute Gasteiger partial charge is 0.0465 e. The van der Waals surface area contributed by atoms with Gasteiger partial charge in [-0.05, 0) is 165 Å². The van der Waals surface area contributed by atoms with E-state index in [1.54, 1.807) is 0 Å². The molecule has 11 rings (SSSR count). The van der Waals surface area contributed by atoms with Crippen molar-refractivity contribution in [2.75, 3.05) is 9.80 Å². The zero-order valence-corrected chi connectivity index (χ0v) is 39.8. The van der Waals surface area contributed by atoms with Crippen molar-refractivity contribution in [3.63, 3.8) is 0 Å². The fourth-order valence-corrected chi connectivity index (χ4v) is 10.7. The molecule has 9 aromatic carbocycles.